The number of pyridine rings is 1. The Hall–Kier alpha value is -3.80. The van der Waals surface area contributed by atoms with Crippen LogP contribution < -0.4 is 14.8 Å². The topological polar surface area (TPSA) is 133 Å². The van der Waals surface area contributed by atoms with Crippen LogP contribution in [0.1, 0.15) is 34.6 Å². The molecular weight excluding hydrogens is 490 g/mol. The maximum atomic E-state index is 13.0. The summed E-state index contributed by atoms with van der Waals surface area (Å²) in [5, 5.41) is 2.26. The third kappa shape index (κ3) is 4.55. The molecule has 2 fully saturated rings. The van der Waals surface area contributed by atoms with Gasteiger partial charge in [0.15, 0.2) is 0 Å². The molecule has 0 aliphatic carbocycles. The lowest BCUT2D eigenvalue weighted by molar-refractivity contribution is -0.168. The number of aromatic nitrogens is 1. The minimum atomic E-state index is -0.925. The fourth-order valence-electron chi connectivity index (χ4n) is 4.20. The SMILES string of the molecule is COc1cccc(OC)c1C(=O)N[C@H]1C(=O)N2[C@H]1SC(C)(C)[C@H]2C(=O)OCOC(=O)c1cccnc1. The number of hydrogen-bond donors (Lipinski definition) is 1. The van der Waals surface area contributed by atoms with E-state index in [4.69, 9.17) is 18.9 Å². The van der Waals surface area contributed by atoms with Gasteiger partial charge in [0.2, 0.25) is 12.7 Å². The molecule has 1 aromatic heterocycles. The Kier molecular flexibility index (Phi) is 7.07. The van der Waals surface area contributed by atoms with E-state index in [1.807, 2.05) is 0 Å². The van der Waals surface area contributed by atoms with Crippen molar-refractivity contribution in [2.75, 3.05) is 21.0 Å². The van der Waals surface area contributed by atoms with Gasteiger partial charge in [-0.2, -0.15) is 0 Å². The maximum absolute atomic E-state index is 13.0. The number of carbonyl (C=O) groups is 4. The Labute approximate surface area is 211 Å². The highest BCUT2D eigenvalue weighted by molar-refractivity contribution is 8.01. The molecule has 2 aromatic rings. The van der Waals surface area contributed by atoms with Crippen LogP contribution in [0.5, 0.6) is 11.5 Å². The molecule has 1 N–H and O–H groups in total. The summed E-state index contributed by atoms with van der Waals surface area (Å²) in [6.45, 7) is 3.00. The van der Waals surface area contributed by atoms with Crippen LogP contribution in [0.15, 0.2) is 42.7 Å². The molecule has 4 rings (SSSR count). The molecule has 36 heavy (non-hydrogen) atoms. The van der Waals surface area contributed by atoms with Gasteiger partial charge < -0.3 is 29.2 Å². The highest BCUT2D eigenvalue weighted by Crippen LogP contribution is 2.51. The first-order valence-electron chi connectivity index (χ1n) is 10.9. The van der Waals surface area contributed by atoms with Gasteiger partial charge in [0.1, 0.15) is 34.5 Å². The normalized spacial score (nSPS) is 21.6. The Bertz CT molecular complexity index is 1170. The van der Waals surface area contributed by atoms with E-state index in [0.717, 1.165) is 0 Å². The largest absolute Gasteiger partial charge is 0.496 e. The minimum absolute atomic E-state index is 0.169. The Morgan fingerprint density at radius 2 is 1.78 bits per heavy atom. The molecule has 0 saturated carbocycles. The molecule has 2 saturated heterocycles. The molecule has 3 heterocycles. The van der Waals surface area contributed by atoms with Crippen LogP contribution in [0.2, 0.25) is 0 Å². The van der Waals surface area contributed by atoms with Crippen molar-refractivity contribution in [1.82, 2.24) is 15.2 Å². The highest BCUT2D eigenvalue weighted by atomic mass is 32.2. The van der Waals surface area contributed by atoms with Crippen LogP contribution in [-0.2, 0) is 19.1 Å². The second-order valence-corrected chi connectivity index (χ2v) is 10.3. The second-order valence-electron chi connectivity index (χ2n) is 8.50. The van der Waals surface area contributed by atoms with E-state index in [0.29, 0.717) is 11.5 Å². The third-order valence-electron chi connectivity index (χ3n) is 5.89. The van der Waals surface area contributed by atoms with Crippen LogP contribution in [-0.4, -0.2) is 76.9 Å². The Morgan fingerprint density at radius 1 is 1.08 bits per heavy atom. The van der Waals surface area contributed by atoms with Crippen molar-refractivity contribution in [3.8, 4) is 11.5 Å². The number of carbonyl (C=O) groups excluding carboxylic acids is 4. The first-order valence-corrected chi connectivity index (χ1v) is 11.8. The maximum Gasteiger partial charge on any atom is 0.342 e. The first-order chi connectivity index (χ1) is 17.2. The van der Waals surface area contributed by atoms with Gasteiger partial charge >= 0.3 is 11.9 Å². The van der Waals surface area contributed by atoms with Crippen molar-refractivity contribution in [3.05, 3.63) is 53.9 Å². The van der Waals surface area contributed by atoms with Crippen molar-refractivity contribution in [1.29, 1.82) is 0 Å². The standard InChI is InChI=1S/C24H25N3O8S/c1-24(2)18(23(31)35-12-34-22(30)13-7-6-10-25-11-13)27-20(29)17(21(27)36-24)26-19(28)16-14(32-3)8-5-9-15(16)33-4/h5-11,17-18,21H,12H2,1-4H3,(H,26,28)/t17-,18+,21-/m0/s1. The number of nitrogens with zero attached hydrogens (tertiary/aromatic N) is 2. The molecule has 2 aliphatic heterocycles. The molecule has 0 unspecified atom stereocenters. The van der Waals surface area contributed by atoms with E-state index in [9.17, 15) is 19.2 Å². The molecule has 1 aromatic carbocycles. The number of amides is 2. The molecule has 2 amide bonds. The first kappa shape index (κ1) is 25.3. The molecule has 2 aliphatic rings. The van der Waals surface area contributed by atoms with Gasteiger partial charge in [-0.05, 0) is 38.1 Å². The summed E-state index contributed by atoms with van der Waals surface area (Å²) in [5.74, 6) is -1.75. The summed E-state index contributed by atoms with van der Waals surface area (Å²) >= 11 is 1.37. The zero-order chi connectivity index (χ0) is 26.0. The molecule has 12 heteroatoms. The van der Waals surface area contributed by atoms with E-state index in [1.54, 1.807) is 38.1 Å². The predicted octanol–water partition coefficient (Wildman–Crippen LogP) is 1.62. The van der Waals surface area contributed by atoms with Gasteiger partial charge in [0.05, 0.1) is 19.8 Å². The highest BCUT2D eigenvalue weighted by Gasteiger charge is 2.64. The van der Waals surface area contributed by atoms with Gasteiger partial charge in [-0.3, -0.25) is 14.6 Å². The lowest BCUT2D eigenvalue weighted by Crippen LogP contribution is -2.70. The van der Waals surface area contributed by atoms with Gasteiger partial charge in [0.25, 0.3) is 5.91 Å². The molecule has 0 bridgehead atoms. The monoisotopic (exact) mass is 515 g/mol. The molecule has 0 spiro atoms. The summed E-state index contributed by atoms with van der Waals surface area (Å²) in [7, 11) is 2.86. The lowest BCUT2D eigenvalue weighted by Gasteiger charge is -2.43. The number of fused-ring (bicyclic) bond motifs is 1. The van der Waals surface area contributed by atoms with E-state index in [2.05, 4.69) is 10.3 Å². The minimum Gasteiger partial charge on any atom is -0.496 e. The lowest BCUT2D eigenvalue weighted by atomic mass is 9.95. The van der Waals surface area contributed by atoms with Crippen LogP contribution >= 0.6 is 11.8 Å². The zero-order valence-corrected chi connectivity index (χ0v) is 20.9. The van der Waals surface area contributed by atoms with Crippen LogP contribution in [0.4, 0.5) is 0 Å². The molecular formula is C24H25N3O8S. The Balaban J connectivity index is 1.40. The zero-order valence-electron chi connectivity index (χ0n) is 20.0. The van der Waals surface area contributed by atoms with Crippen molar-refractivity contribution in [2.45, 2.75) is 36.1 Å². The predicted molar refractivity (Wildman–Crippen MR) is 128 cm³/mol. The van der Waals surface area contributed by atoms with Crippen molar-refractivity contribution >= 4 is 35.5 Å². The Morgan fingerprint density at radius 3 is 2.39 bits per heavy atom. The van der Waals surface area contributed by atoms with Gasteiger partial charge in [0, 0.05) is 17.1 Å². The van der Waals surface area contributed by atoms with E-state index < -0.39 is 52.8 Å². The molecule has 190 valence electrons. The summed E-state index contributed by atoms with van der Waals surface area (Å²) in [5.41, 5.74) is 0.385. The van der Waals surface area contributed by atoms with E-state index >= 15 is 0 Å². The number of methoxy groups -OCH3 is 2. The van der Waals surface area contributed by atoms with E-state index in [-0.39, 0.29) is 11.1 Å². The number of ether oxygens (including phenoxy) is 4. The van der Waals surface area contributed by atoms with Crippen LogP contribution in [0.25, 0.3) is 0 Å². The second kappa shape index (κ2) is 10.1. The fourth-order valence-corrected chi connectivity index (χ4v) is 5.82. The number of rotatable bonds is 8. The van der Waals surface area contributed by atoms with Crippen LogP contribution in [0.3, 0.4) is 0 Å². The summed E-state index contributed by atoms with van der Waals surface area (Å²) < 4.78 is 20.0. The number of hydrogen-bond acceptors (Lipinski definition) is 10. The summed E-state index contributed by atoms with van der Waals surface area (Å²) in [6.07, 6.45) is 2.85. The number of nitrogens with one attached hydrogen (secondary N) is 1. The van der Waals surface area contributed by atoms with Crippen LogP contribution in [0, 0.1) is 0 Å². The van der Waals surface area contributed by atoms with Gasteiger partial charge in [-0.1, -0.05) is 6.07 Å². The average molecular weight is 516 g/mol. The quantitative estimate of drug-likeness (QED) is 0.314. The van der Waals surface area contributed by atoms with Crippen molar-refractivity contribution < 1.29 is 38.1 Å². The summed E-state index contributed by atoms with van der Waals surface area (Å²) in [4.78, 5) is 56.2. The van der Waals surface area contributed by atoms with Crippen molar-refractivity contribution in [2.24, 2.45) is 0 Å². The fraction of sp³-hybridized carbons (Fsp3) is 0.375. The third-order valence-corrected chi connectivity index (χ3v) is 7.47. The van der Waals surface area contributed by atoms with Gasteiger partial charge in [-0.25, -0.2) is 9.59 Å². The van der Waals surface area contributed by atoms with Gasteiger partial charge in [-0.15, -0.1) is 11.8 Å². The van der Waals surface area contributed by atoms with Crippen molar-refractivity contribution in [3.63, 3.8) is 0 Å². The smallest absolute Gasteiger partial charge is 0.342 e. The number of β-lactam (4-membered cyclic amide) rings is 1. The molecule has 0 radical (unpaired) electrons. The number of esters is 2. The molecule has 11 nitrogen and oxygen atoms in total. The summed E-state index contributed by atoms with van der Waals surface area (Å²) in [6, 6.07) is 6.25. The number of thioether (sulfide) groups is 1. The molecule has 3 atom stereocenters. The van der Waals surface area contributed by atoms with E-state index in [1.165, 1.54) is 49.3 Å². The average Bonchev–Trinajstić information content (AvgIpc) is 3.14. The number of benzene rings is 1.